The van der Waals surface area contributed by atoms with Gasteiger partial charge in [0.05, 0.1) is 7.11 Å². The molecule has 0 heterocycles. The highest BCUT2D eigenvalue weighted by atomic mass is 16.5. The van der Waals surface area contributed by atoms with Gasteiger partial charge in [-0.25, -0.2) is 0 Å². The summed E-state index contributed by atoms with van der Waals surface area (Å²) in [5.41, 5.74) is 1.96. The largest absolute Gasteiger partial charge is 0.497 e. The monoisotopic (exact) mass is 337 g/mol. The van der Waals surface area contributed by atoms with Crippen molar-refractivity contribution in [3.8, 4) is 5.75 Å². The molecule has 1 amide bonds. The standard InChI is InChI=1S/C21H23NO3/c1-17(23)14-15-22(16-19-6-4-3-5-7-19)21(24)13-10-18-8-11-20(25-2)12-9-18/h3-13H,14-16H2,1-2H3/b13-10+. The van der Waals surface area contributed by atoms with E-state index in [1.165, 1.54) is 0 Å². The normalized spacial score (nSPS) is 10.6. The van der Waals surface area contributed by atoms with Crippen LogP contribution in [-0.4, -0.2) is 30.2 Å². The van der Waals surface area contributed by atoms with E-state index in [0.29, 0.717) is 19.5 Å². The van der Waals surface area contributed by atoms with E-state index >= 15 is 0 Å². The Morgan fingerprint density at radius 1 is 1.04 bits per heavy atom. The average Bonchev–Trinajstić information content (AvgIpc) is 2.64. The van der Waals surface area contributed by atoms with Crippen LogP contribution in [0.4, 0.5) is 0 Å². The molecule has 0 atom stereocenters. The number of ether oxygens (including phenoxy) is 1. The minimum Gasteiger partial charge on any atom is -0.497 e. The molecule has 2 aromatic carbocycles. The summed E-state index contributed by atoms with van der Waals surface area (Å²) in [5.74, 6) is 0.738. The van der Waals surface area contributed by atoms with Gasteiger partial charge in [0.2, 0.25) is 5.91 Å². The first-order valence-corrected chi connectivity index (χ1v) is 8.23. The zero-order chi connectivity index (χ0) is 18.1. The van der Waals surface area contributed by atoms with Crippen molar-refractivity contribution in [3.05, 3.63) is 71.8 Å². The summed E-state index contributed by atoms with van der Waals surface area (Å²) < 4.78 is 5.12. The molecular weight excluding hydrogens is 314 g/mol. The number of nitrogens with zero attached hydrogens (tertiary/aromatic N) is 1. The molecule has 0 saturated carbocycles. The molecule has 0 aliphatic carbocycles. The van der Waals surface area contributed by atoms with Crippen LogP contribution in [0.1, 0.15) is 24.5 Å². The molecule has 0 aromatic heterocycles. The maximum atomic E-state index is 12.6. The van der Waals surface area contributed by atoms with Crippen molar-refractivity contribution in [3.63, 3.8) is 0 Å². The lowest BCUT2D eigenvalue weighted by Crippen LogP contribution is -2.30. The second kappa shape index (κ2) is 9.42. The smallest absolute Gasteiger partial charge is 0.246 e. The summed E-state index contributed by atoms with van der Waals surface area (Å²) in [7, 11) is 1.62. The third-order valence-corrected chi connectivity index (χ3v) is 3.80. The predicted octanol–water partition coefficient (Wildman–Crippen LogP) is 3.72. The summed E-state index contributed by atoms with van der Waals surface area (Å²) >= 11 is 0. The lowest BCUT2D eigenvalue weighted by Gasteiger charge is -2.21. The van der Waals surface area contributed by atoms with Crippen LogP contribution in [0.15, 0.2) is 60.7 Å². The highest BCUT2D eigenvalue weighted by Crippen LogP contribution is 2.13. The zero-order valence-electron chi connectivity index (χ0n) is 14.6. The van der Waals surface area contributed by atoms with Crippen molar-refractivity contribution < 1.29 is 14.3 Å². The Balaban J connectivity index is 2.07. The minimum atomic E-state index is -0.110. The number of carbonyl (C=O) groups excluding carboxylic acids is 2. The van der Waals surface area contributed by atoms with E-state index < -0.39 is 0 Å². The Morgan fingerprint density at radius 3 is 2.32 bits per heavy atom. The molecule has 0 aliphatic heterocycles. The Morgan fingerprint density at radius 2 is 1.72 bits per heavy atom. The van der Waals surface area contributed by atoms with Gasteiger partial charge in [-0.05, 0) is 36.3 Å². The molecule has 0 aliphatic rings. The number of Topliss-reactive ketones (excluding diaryl/α,β-unsaturated/α-hetero) is 1. The zero-order valence-corrected chi connectivity index (χ0v) is 14.6. The molecule has 130 valence electrons. The van der Waals surface area contributed by atoms with E-state index in [4.69, 9.17) is 4.74 Å². The Kier molecular flexibility index (Phi) is 6.96. The fourth-order valence-corrected chi connectivity index (χ4v) is 2.35. The summed E-state index contributed by atoms with van der Waals surface area (Å²) in [4.78, 5) is 25.5. The molecule has 0 fully saturated rings. The van der Waals surface area contributed by atoms with Crippen LogP contribution in [0.25, 0.3) is 6.08 Å². The second-order valence-electron chi connectivity index (χ2n) is 5.80. The predicted molar refractivity (Wildman–Crippen MR) is 99.2 cm³/mol. The van der Waals surface area contributed by atoms with Gasteiger partial charge in [-0.1, -0.05) is 42.5 Å². The van der Waals surface area contributed by atoms with Crippen LogP contribution in [0.2, 0.25) is 0 Å². The number of rotatable bonds is 8. The SMILES string of the molecule is COc1ccc(/C=C/C(=O)N(CCC(C)=O)Cc2ccccc2)cc1. The molecule has 4 nitrogen and oxygen atoms in total. The minimum absolute atomic E-state index is 0.0741. The average molecular weight is 337 g/mol. The van der Waals surface area contributed by atoms with Crippen molar-refractivity contribution in [2.75, 3.05) is 13.7 Å². The maximum Gasteiger partial charge on any atom is 0.246 e. The number of hydrogen-bond donors (Lipinski definition) is 0. The van der Waals surface area contributed by atoms with Gasteiger partial charge in [0.1, 0.15) is 11.5 Å². The lowest BCUT2D eigenvalue weighted by molar-refractivity contribution is -0.127. The number of ketones is 1. The van der Waals surface area contributed by atoms with E-state index in [-0.39, 0.29) is 11.7 Å². The molecule has 0 radical (unpaired) electrons. The molecule has 0 spiro atoms. The maximum absolute atomic E-state index is 12.6. The summed E-state index contributed by atoms with van der Waals surface area (Å²) in [6.07, 6.45) is 3.67. The van der Waals surface area contributed by atoms with Gasteiger partial charge in [-0.15, -0.1) is 0 Å². The molecule has 25 heavy (non-hydrogen) atoms. The van der Waals surface area contributed by atoms with E-state index in [2.05, 4.69) is 0 Å². The summed E-state index contributed by atoms with van der Waals surface area (Å²) in [6, 6.07) is 17.2. The van der Waals surface area contributed by atoms with Gasteiger partial charge >= 0.3 is 0 Å². The fourth-order valence-electron chi connectivity index (χ4n) is 2.35. The number of carbonyl (C=O) groups is 2. The second-order valence-corrected chi connectivity index (χ2v) is 5.80. The lowest BCUT2D eigenvalue weighted by atomic mass is 10.1. The highest BCUT2D eigenvalue weighted by molar-refractivity contribution is 5.92. The third-order valence-electron chi connectivity index (χ3n) is 3.80. The van der Waals surface area contributed by atoms with Crippen LogP contribution in [-0.2, 0) is 16.1 Å². The van der Waals surface area contributed by atoms with E-state index in [0.717, 1.165) is 16.9 Å². The quantitative estimate of drug-likeness (QED) is 0.690. The molecule has 0 bridgehead atoms. The van der Waals surface area contributed by atoms with Gasteiger partial charge in [0.15, 0.2) is 0 Å². The van der Waals surface area contributed by atoms with E-state index in [1.54, 1.807) is 31.1 Å². The van der Waals surface area contributed by atoms with Crippen molar-refractivity contribution in [2.24, 2.45) is 0 Å². The Bertz CT molecular complexity index is 721. The van der Waals surface area contributed by atoms with Crippen LogP contribution in [0, 0.1) is 0 Å². The van der Waals surface area contributed by atoms with Crippen molar-refractivity contribution in [2.45, 2.75) is 19.9 Å². The number of hydrogen-bond acceptors (Lipinski definition) is 3. The molecule has 4 heteroatoms. The number of methoxy groups -OCH3 is 1. The van der Waals surface area contributed by atoms with Crippen LogP contribution >= 0.6 is 0 Å². The number of amides is 1. The summed E-state index contributed by atoms with van der Waals surface area (Å²) in [6.45, 7) is 2.44. The van der Waals surface area contributed by atoms with Gasteiger partial charge < -0.3 is 9.64 Å². The Labute approximate surface area is 148 Å². The van der Waals surface area contributed by atoms with Crippen molar-refractivity contribution >= 4 is 17.8 Å². The molecule has 0 saturated heterocycles. The summed E-state index contributed by atoms with van der Waals surface area (Å²) in [5, 5.41) is 0. The van der Waals surface area contributed by atoms with Gasteiger partial charge in [0.25, 0.3) is 0 Å². The fraction of sp³-hybridized carbons (Fsp3) is 0.238. The van der Waals surface area contributed by atoms with Crippen molar-refractivity contribution in [1.82, 2.24) is 4.90 Å². The van der Waals surface area contributed by atoms with E-state index in [9.17, 15) is 9.59 Å². The van der Waals surface area contributed by atoms with Crippen LogP contribution in [0.3, 0.4) is 0 Å². The van der Waals surface area contributed by atoms with Gasteiger partial charge in [-0.3, -0.25) is 9.59 Å². The third kappa shape index (κ3) is 6.26. The van der Waals surface area contributed by atoms with Crippen LogP contribution < -0.4 is 4.74 Å². The molecular formula is C21H23NO3. The van der Waals surface area contributed by atoms with Crippen molar-refractivity contribution in [1.29, 1.82) is 0 Å². The Hall–Kier alpha value is -2.88. The van der Waals surface area contributed by atoms with Crippen LogP contribution in [0.5, 0.6) is 5.75 Å². The first-order chi connectivity index (χ1) is 12.1. The topological polar surface area (TPSA) is 46.6 Å². The molecule has 2 aromatic rings. The van der Waals surface area contributed by atoms with Gasteiger partial charge in [-0.2, -0.15) is 0 Å². The van der Waals surface area contributed by atoms with E-state index in [1.807, 2.05) is 54.6 Å². The molecule has 0 N–H and O–H groups in total. The first-order valence-electron chi connectivity index (χ1n) is 8.23. The van der Waals surface area contributed by atoms with Gasteiger partial charge in [0, 0.05) is 25.6 Å². The molecule has 2 rings (SSSR count). The molecule has 0 unspecified atom stereocenters. The number of benzene rings is 2. The first kappa shape index (κ1) is 18.5. The highest BCUT2D eigenvalue weighted by Gasteiger charge is 2.12.